The number of hydrogen-bond acceptors (Lipinski definition) is 8. The maximum absolute atomic E-state index is 13.9. The van der Waals surface area contributed by atoms with E-state index in [1.54, 1.807) is 23.1 Å². The fraction of sp³-hybridized carbons (Fsp3) is 0.531. The van der Waals surface area contributed by atoms with Gasteiger partial charge in [0.25, 0.3) is 11.8 Å². The van der Waals surface area contributed by atoms with Crippen LogP contribution in [0.4, 0.5) is 32.6 Å². The van der Waals surface area contributed by atoms with E-state index in [2.05, 4.69) is 25.5 Å². The average Bonchev–Trinajstić information content (AvgIpc) is 3.00. The highest BCUT2D eigenvalue weighted by Gasteiger charge is 2.38. The fourth-order valence-electron chi connectivity index (χ4n) is 5.81. The Morgan fingerprint density at radius 2 is 1.66 bits per heavy atom. The molecule has 254 valence electrons. The second kappa shape index (κ2) is 13.5. The number of carbonyl (C=O) groups excluding carboxylic acids is 2. The van der Waals surface area contributed by atoms with E-state index in [9.17, 15) is 31.5 Å². The van der Waals surface area contributed by atoms with Crippen molar-refractivity contribution in [2.75, 3.05) is 37.6 Å². The van der Waals surface area contributed by atoms with Crippen LogP contribution in [0.2, 0.25) is 0 Å². The SMILES string of the molecule is CC(C)(C)OC(=O)NC1CCN(c2ccc3c(C(=O)NCC(c4cnc(C(F)(F)F)nc4)N4CCC(F)(F)CC4)cccc3n2)CC1. The second-order valence-electron chi connectivity index (χ2n) is 12.9. The number of piperidine rings is 2. The van der Waals surface area contributed by atoms with Crippen molar-refractivity contribution in [3.63, 3.8) is 0 Å². The van der Waals surface area contributed by atoms with E-state index >= 15 is 0 Å². The molecule has 2 fully saturated rings. The highest BCUT2D eigenvalue weighted by atomic mass is 19.4. The molecule has 0 bridgehead atoms. The molecule has 2 N–H and O–H groups in total. The Bertz CT molecular complexity index is 1560. The van der Waals surface area contributed by atoms with E-state index in [4.69, 9.17) is 9.72 Å². The first-order valence-corrected chi connectivity index (χ1v) is 15.5. The molecule has 3 aromatic rings. The summed E-state index contributed by atoms with van der Waals surface area (Å²) in [6, 6.07) is 8.05. The molecule has 1 aromatic carbocycles. The quantitative estimate of drug-likeness (QED) is 0.308. The number of carbonyl (C=O) groups is 2. The summed E-state index contributed by atoms with van der Waals surface area (Å²) < 4.78 is 72.3. The van der Waals surface area contributed by atoms with Crippen LogP contribution in [0.3, 0.4) is 0 Å². The number of anilines is 1. The summed E-state index contributed by atoms with van der Waals surface area (Å²) in [5.41, 5.74) is 0.633. The van der Waals surface area contributed by atoms with Crippen LogP contribution in [0.25, 0.3) is 10.9 Å². The number of ether oxygens (including phenoxy) is 1. The van der Waals surface area contributed by atoms with Crippen LogP contribution < -0.4 is 15.5 Å². The maximum atomic E-state index is 13.9. The lowest BCUT2D eigenvalue weighted by Crippen LogP contribution is -2.46. The first-order chi connectivity index (χ1) is 22.1. The summed E-state index contributed by atoms with van der Waals surface area (Å²) in [6.45, 7) is 6.68. The third kappa shape index (κ3) is 8.82. The van der Waals surface area contributed by atoms with Gasteiger partial charge in [-0.3, -0.25) is 9.69 Å². The van der Waals surface area contributed by atoms with Crippen molar-refractivity contribution in [2.45, 2.75) is 76.2 Å². The summed E-state index contributed by atoms with van der Waals surface area (Å²) in [4.78, 5) is 41.1. The van der Waals surface area contributed by atoms with Crippen molar-refractivity contribution in [1.82, 2.24) is 30.5 Å². The number of amides is 2. The number of aromatic nitrogens is 3. The molecule has 2 aliphatic rings. The van der Waals surface area contributed by atoms with Crippen LogP contribution >= 0.6 is 0 Å². The van der Waals surface area contributed by atoms with Gasteiger partial charge in [0.05, 0.1) is 11.6 Å². The van der Waals surface area contributed by atoms with Gasteiger partial charge in [-0.2, -0.15) is 13.2 Å². The number of hydrogen-bond donors (Lipinski definition) is 2. The van der Waals surface area contributed by atoms with Gasteiger partial charge in [-0.1, -0.05) is 6.07 Å². The molecule has 2 saturated heterocycles. The van der Waals surface area contributed by atoms with Crippen molar-refractivity contribution in [1.29, 1.82) is 0 Å². The van der Waals surface area contributed by atoms with Crippen LogP contribution in [0.15, 0.2) is 42.7 Å². The van der Waals surface area contributed by atoms with Crippen LogP contribution in [0.5, 0.6) is 0 Å². The van der Waals surface area contributed by atoms with Gasteiger partial charge in [0.2, 0.25) is 5.82 Å². The van der Waals surface area contributed by atoms with Crippen LogP contribution in [0, 0.1) is 0 Å². The van der Waals surface area contributed by atoms with Gasteiger partial charge in [-0.05, 0) is 57.9 Å². The molecule has 15 heteroatoms. The predicted molar refractivity (Wildman–Crippen MR) is 164 cm³/mol. The molecule has 47 heavy (non-hydrogen) atoms. The van der Waals surface area contributed by atoms with Gasteiger partial charge in [-0.15, -0.1) is 0 Å². The number of alkyl carbamates (subject to hydrolysis) is 1. The molecule has 2 aromatic heterocycles. The molecule has 1 unspecified atom stereocenters. The molecular weight excluding hydrogens is 625 g/mol. The zero-order valence-corrected chi connectivity index (χ0v) is 26.4. The summed E-state index contributed by atoms with van der Waals surface area (Å²) in [6.07, 6.45) is -2.52. The number of alkyl halides is 5. The zero-order chi connectivity index (χ0) is 34.0. The van der Waals surface area contributed by atoms with Gasteiger partial charge < -0.3 is 20.3 Å². The van der Waals surface area contributed by atoms with Gasteiger partial charge in [0, 0.05) is 80.5 Å². The standard InChI is InChI=1S/C32H38F5N7O3/c1-30(2,3)47-29(46)41-21-9-13-44(14-10-21)26-8-7-22-23(5-4-6-24(22)42-26)27(45)38-19-25(43-15-11-31(33,34)12-16-43)20-17-39-28(40-18-20)32(35,36)37/h4-8,17-18,21,25H,9-16,19H2,1-3H3,(H,38,45)(H,41,46). The van der Waals surface area contributed by atoms with E-state index in [-0.39, 0.29) is 31.2 Å². The van der Waals surface area contributed by atoms with Crippen LogP contribution in [0.1, 0.15) is 74.2 Å². The molecule has 2 aliphatic heterocycles. The Kier molecular flexibility index (Phi) is 9.85. The third-order valence-corrected chi connectivity index (χ3v) is 8.24. The largest absolute Gasteiger partial charge is 0.451 e. The average molecular weight is 664 g/mol. The van der Waals surface area contributed by atoms with Crippen molar-refractivity contribution in [3.8, 4) is 0 Å². The maximum Gasteiger partial charge on any atom is 0.451 e. The van der Waals surface area contributed by atoms with E-state index in [0.29, 0.717) is 42.4 Å². The highest BCUT2D eigenvalue weighted by Crippen LogP contribution is 2.33. The normalized spacial score (nSPS) is 18.5. The number of fused-ring (bicyclic) bond motifs is 1. The Morgan fingerprint density at radius 1 is 1.00 bits per heavy atom. The van der Waals surface area contributed by atoms with E-state index in [1.165, 1.54) is 0 Å². The highest BCUT2D eigenvalue weighted by molar-refractivity contribution is 6.06. The van der Waals surface area contributed by atoms with E-state index < -0.39 is 54.4 Å². The Morgan fingerprint density at radius 3 is 2.28 bits per heavy atom. The minimum atomic E-state index is -4.73. The number of nitrogens with one attached hydrogen (secondary N) is 2. The first-order valence-electron chi connectivity index (χ1n) is 15.5. The summed E-state index contributed by atoms with van der Waals surface area (Å²) in [5.74, 6) is -3.85. The number of benzene rings is 1. The lowest BCUT2D eigenvalue weighted by molar-refractivity contribution is -0.145. The lowest BCUT2D eigenvalue weighted by Gasteiger charge is -2.37. The van der Waals surface area contributed by atoms with Crippen molar-refractivity contribution >= 4 is 28.7 Å². The zero-order valence-electron chi connectivity index (χ0n) is 26.4. The first kappa shape index (κ1) is 34.2. The van der Waals surface area contributed by atoms with Crippen LogP contribution in [-0.2, 0) is 10.9 Å². The molecule has 0 aliphatic carbocycles. The molecule has 0 spiro atoms. The molecule has 4 heterocycles. The fourth-order valence-corrected chi connectivity index (χ4v) is 5.81. The summed E-state index contributed by atoms with van der Waals surface area (Å²) >= 11 is 0. The molecule has 0 saturated carbocycles. The number of pyridine rings is 1. The second-order valence-corrected chi connectivity index (χ2v) is 12.9. The molecule has 5 rings (SSSR count). The molecule has 0 radical (unpaired) electrons. The monoisotopic (exact) mass is 663 g/mol. The van der Waals surface area contributed by atoms with Gasteiger partial charge in [0.15, 0.2) is 0 Å². The van der Waals surface area contributed by atoms with Crippen molar-refractivity contribution in [3.05, 3.63) is 59.7 Å². The number of nitrogens with zero attached hydrogens (tertiary/aromatic N) is 5. The topological polar surface area (TPSA) is 113 Å². The molecular formula is C32H38F5N7O3. The molecule has 2 amide bonds. The predicted octanol–water partition coefficient (Wildman–Crippen LogP) is 5.74. The van der Waals surface area contributed by atoms with Crippen molar-refractivity contribution in [2.24, 2.45) is 0 Å². The lowest BCUT2D eigenvalue weighted by atomic mass is 10.0. The third-order valence-electron chi connectivity index (χ3n) is 8.24. The van der Waals surface area contributed by atoms with Crippen molar-refractivity contribution < 1.29 is 36.3 Å². The number of halogens is 5. The smallest absolute Gasteiger partial charge is 0.444 e. The van der Waals surface area contributed by atoms with E-state index in [1.807, 2.05) is 32.9 Å². The minimum Gasteiger partial charge on any atom is -0.444 e. The van der Waals surface area contributed by atoms with Gasteiger partial charge >= 0.3 is 12.3 Å². The van der Waals surface area contributed by atoms with Gasteiger partial charge in [0.1, 0.15) is 11.4 Å². The number of rotatable bonds is 7. The van der Waals surface area contributed by atoms with Gasteiger partial charge in [-0.25, -0.2) is 28.5 Å². The minimum absolute atomic E-state index is 0.0101. The molecule has 10 nitrogen and oxygen atoms in total. The Labute approximate surface area is 269 Å². The van der Waals surface area contributed by atoms with E-state index in [0.717, 1.165) is 18.2 Å². The van der Waals surface area contributed by atoms with Crippen LogP contribution in [-0.4, -0.2) is 82.1 Å². The summed E-state index contributed by atoms with van der Waals surface area (Å²) in [5, 5.41) is 6.35. The number of likely N-dealkylation sites (tertiary alicyclic amines) is 1. The summed E-state index contributed by atoms with van der Waals surface area (Å²) in [7, 11) is 0. The Balaban J connectivity index is 1.26. The Hall–Kier alpha value is -4.14. The molecule has 1 atom stereocenters.